The molecule has 0 fully saturated rings. The average Bonchev–Trinajstić information content (AvgIpc) is 2.51. The average molecular weight is 217 g/mol. The van der Waals surface area contributed by atoms with Gasteiger partial charge in [0.2, 0.25) is 5.91 Å². The fraction of sp³-hybridized carbons (Fsp3) is 0.500. The monoisotopic (exact) mass is 217 g/mol. The fourth-order valence-corrected chi connectivity index (χ4v) is 2.30. The summed E-state index contributed by atoms with van der Waals surface area (Å²) in [5.41, 5.74) is 2.46. The lowest BCUT2D eigenvalue weighted by atomic mass is 10.1. The van der Waals surface area contributed by atoms with Crippen LogP contribution >= 0.6 is 0 Å². The van der Waals surface area contributed by atoms with Gasteiger partial charge in [0.15, 0.2) is 0 Å². The van der Waals surface area contributed by atoms with Crippen molar-refractivity contribution in [2.75, 3.05) is 11.4 Å². The van der Waals surface area contributed by atoms with Crippen molar-refractivity contribution < 1.29 is 4.79 Å². The minimum atomic E-state index is 0.275. The Bertz CT molecular complexity index is 373. The summed E-state index contributed by atoms with van der Waals surface area (Å²) < 4.78 is 0. The number of benzene rings is 1. The Balaban J connectivity index is 2.28. The van der Waals surface area contributed by atoms with E-state index in [9.17, 15) is 4.79 Å². The van der Waals surface area contributed by atoms with Gasteiger partial charge in [0, 0.05) is 18.7 Å². The molecule has 2 heteroatoms. The number of hydrogen-bond acceptors (Lipinski definition) is 1. The van der Waals surface area contributed by atoms with E-state index in [0.29, 0.717) is 6.42 Å². The first kappa shape index (κ1) is 11.2. The molecule has 0 bridgehead atoms. The molecular weight excluding hydrogens is 198 g/mol. The van der Waals surface area contributed by atoms with Gasteiger partial charge in [0.05, 0.1) is 0 Å². The molecule has 1 aromatic carbocycles. The molecule has 0 saturated carbocycles. The summed E-state index contributed by atoms with van der Waals surface area (Å²) in [5, 5.41) is 0. The second kappa shape index (κ2) is 5.15. The summed E-state index contributed by atoms with van der Waals surface area (Å²) in [6.07, 6.45) is 5.00. The van der Waals surface area contributed by atoms with Crippen LogP contribution in [0, 0.1) is 0 Å². The fourth-order valence-electron chi connectivity index (χ4n) is 2.30. The Morgan fingerprint density at radius 3 is 2.94 bits per heavy atom. The highest BCUT2D eigenvalue weighted by Crippen LogP contribution is 2.26. The van der Waals surface area contributed by atoms with Crippen molar-refractivity contribution in [3.63, 3.8) is 0 Å². The molecule has 0 spiro atoms. The maximum atomic E-state index is 12.0. The lowest BCUT2D eigenvalue weighted by molar-refractivity contribution is -0.118. The van der Waals surface area contributed by atoms with Gasteiger partial charge in [-0.15, -0.1) is 0 Å². The molecule has 1 amide bonds. The van der Waals surface area contributed by atoms with E-state index in [2.05, 4.69) is 25.1 Å². The number of fused-ring (bicyclic) bond motifs is 1. The Labute approximate surface area is 97.3 Å². The maximum absolute atomic E-state index is 12.0. The van der Waals surface area contributed by atoms with Gasteiger partial charge in [-0.2, -0.15) is 0 Å². The number of hydrogen-bond donors (Lipinski definition) is 0. The van der Waals surface area contributed by atoms with E-state index in [1.165, 1.54) is 12.0 Å². The van der Waals surface area contributed by atoms with Crippen molar-refractivity contribution in [3.8, 4) is 0 Å². The van der Waals surface area contributed by atoms with Gasteiger partial charge in [-0.25, -0.2) is 0 Å². The van der Waals surface area contributed by atoms with Crippen LogP contribution in [-0.4, -0.2) is 12.5 Å². The van der Waals surface area contributed by atoms with E-state index < -0.39 is 0 Å². The van der Waals surface area contributed by atoms with Crippen LogP contribution in [-0.2, 0) is 11.2 Å². The zero-order valence-electron chi connectivity index (χ0n) is 9.91. The molecule has 0 atom stereocenters. The molecule has 0 aliphatic carbocycles. The summed E-state index contributed by atoms with van der Waals surface area (Å²) in [6, 6.07) is 8.31. The molecule has 2 rings (SSSR count). The van der Waals surface area contributed by atoms with Gasteiger partial charge in [-0.3, -0.25) is 4.79 Å². The largest absolute Gasteiger partial charge is 0.312 e. The van der Waals surface area contributed by atoms with Crippen molar-refractivity contribution >= 4 is 11.6 Å². The number of rotatable bonds is 2. The highest BCUT2D eigenvalue weighted by molar-refractivity contribution is 5.94. The third kappa shape index (κ3) is 2.26. The zero-order valence-corrected chi connectivity index (χ0v) is 9.91. The molecular formula is C14H19NO. The van der Waals surface area contributed by atoms with Gasteiger partial charge >= 0.3 is 0 Å². The second-order valence-electron chi connectivity index (χ2n) is 4.38. The van der Waals surface area contributed by atoms with E-state index >= 15 is 0 Å². The van der Waals surface area contributed by atoms with Crippen LogP contribution in [0.15, 0.2) is 24.3 Å². The molecule has 1 aromatic rings. The zero-order chi connectivity index (χ0) is 11.4. The minimum Gasteiger partial charge on any atom is -0.312 e. The molecule has 16 heavy (non-hydrogen) atoms. The molecule has 2 nitrogen and oxygen atoms in total. The number of para-hydroxylation sites is 1. The number of carbonyl (C=O) groups excluding carboxylic acids is 1. The van der Waals surface area contributed by atoms with Crippen LogP contribution < -0.4 is 4.90 Å². The predicted molar refractivity (Wildman–Crippen MR) is 66.6 cm³/mol. The number of amides is 1. The van der Waals surface area contributed by atoms with Crippen molar-refractivity contribution in [1.82, 2.24) is 0 Å². The second-order valence-corrected chi connectivity index (χ2v) is 4.38. The highest BCUT2D eigenvalue weighted by Gasteiger charge is 2.19. The Morgan fingerprint density at radius 1 is 1.31 bits per heavy atom. The standard InChI is InChI=1S/C14H19NO/c1-2-7-14(16)15-11-6-5-9-12-8-3-4-10-13(12)15/h3-4,8,10H,2,5-7,9,11H2,1H3. The van der Waals surface area contributed by atoms with Crippen LogP contribution in [0.25, 0.3) is 0 Å². The van der Waals surface area contributed by atoms with Gasteiger partial charge in [-0.05, 0) is 37.3 Å². The van der Waals surface area contributed by atoms with E-state index in [1.54, 1.807) is 0 Å². The van der Waals surface area contributed by atoms with Gasteiger partial charge in [0.1, 0.15) is 0 Å². The molecule has 0 saturated heterocycles. The van der Waals surface area contributed by atoms with Crippen molar-refractivity contribution in [2.24, 2.45) is 0 Å². The summed E-state index contributed by atoms with van der Waals surface area (Å²) in [4.78, 5) is 14.0. The van der Waals surface area contributed by atoms with Gasteiger partial charge in [-0.1, -0.05) is 25.1 Å². The Kier molecular flexibility index (Phi) is 3.60. The molecule has 1 aliphatic rings. The van der Waals surface area contributed by atoms with Crippen LogP contribution in [0.3, 0.4) is 0 Å². The summed E-state index contributed by atoms with van der Waals surface area (Å²) in [6.45, 7) is 2.94. The Hall–Kier alpha value is -1.31. The number of aryl methyl sites for hydroxylation is 1. The van der Waals surface area contributed by atoms with Crippen LogP contribution in [0.4, 0.5) is 5.69 Å². The van der Waals surface area contributed by atoms with Crippen LogP contribution in [0.1, 0.15) is 38.2 Å². The topological polar surface area (TPSA) is 20.3 Å². The number of carbonyl (C=O) groups is 1. The quantitative estimate of drug-likeness (QED) is 0.745. The molecule has 1 aliphatic heterocycles. The molecule has 0 aromatic heterocycles. The van der Waals surface area contributed by atoms with E-state index in [0.717, 1.165) is 31.5 Å². The molecule has 1 heterocycles. The third-order valence-electron chi connectivity index (χ3n) is 3.13. The Morgan fingerprint density at radius 2 is 2.12 bits per heavy atom. The van der Waals surface area contributed by atoms with Crippen molar-refractivity contribution in [2.45, 2.75) is 39.0 Å². The lowest BCUT2D eigenvalue weighted by Crippen LogP contribution is -2.31. The molecule has 0 N–H and O–H groups in total. The SMILES string of the molecule is CCCC(=O)N1CCCCc2ccccc21. The van der Waals surface area contributed by atoms with Crippen molar-refractivity contribution in [3.05, 3.63) is 29.8 Å². The first-order valence-electron chi connectivity index (χ1n) is 6.21. The highest BCUT2D eigenvalue weighted by atomic mass is 16.2. The van der Waals surface area contributed by atoms with Crippen LogP contribution in [0.5, 0.6) is 0 Å². The number of anilines is 1. The smallest absolute Gasteiger partial charge is 0.226 e. The minimum absolute atomic E-state index is 0.275. The molecule has 0 unspecified atom stereocenters. The summed E-state index contributed by atoms with van der Waals surface area (Å²) >= 11 is 0. The summed E-state index contributed by atoms with van der Waals surface area (Å²) in [5.74, 6) is 0.275. The maximum Gasteiger partial charge on any atom is 0.226 e. The van der Waals surface area contributed by atoms with E-state index in [4.69, 9.17) is 0 Å². The van der Waals surface area contributed by atoms with Gasteiger partial charge in [0.25, 0.3) is 0 Å². The van der Waals surface area contributed by atoms with Crippen LogP contribution in [0.2, 0.25) is 0 Å². The number of nitrogens with zero attached hydrogens (tertiary/aromatic N) is 1. The normalized spacial score (nSPS) is 15.4. The molecule has 0 radical (unpaired) electrons. The lowest BCUT2D eigenvalue weighted by Gasteiger charge is -2.22. The molecule has 86 valence electrons. The van der Waals surface area contributed by atoms with E-state index in [-0.39, 0.29) is 5.91 Å². The first-order chi connectivity index (χ1) is 7.83. The predicted octanol–water partition coefficient (Wildman–Crippen LogP) is 3.16. The first-order valence-corrected chi connectivity index (χ1v) is 6.21. The third-order valence-corrected chi connectivity index (χ3v) is 3.13. The van der Waals surface area contributed by atoms with Gasteiger partial charge < -0.3 is 4.90 Å². The summed E-state index contributed by atoms with van der Waals surface area (Å²) in [7, 11) is 0. The van der Waals surface area contributed by atoms with Crippen molar-refractivity contribution in [1.29, 1.82) is 0 Å². The van der Waals surface area contributed by atoms with E-state index in [1.807, 2.05) is 11.0 Å².